The SMILES string of the molecule is C=C(C)[C@@H]1CC(CO)[C@@]2(C)OC2C1. The fourth-order valence-electron chi connectivity index (χ4n) is 2.50. The van der Waals surface area contributed by atoms with E-state index in [2.05, 4.69) is 20.4 Å². The zero-order valence-corrected chi connectivity index (χ0v) is 8.42. The van der Waals surface area contributed by atoms with Crippen LogP contribution in [0.2, 0.25) is 0 Å². The smallest absolute Gasteiger partial charge is 0.0970 e. The molecule has 13 heavy (non-hydrogen) atoms. The van der Waals surface area contributed by atoms with Gasteiger partial charge < -0.3 is 9.84 Å². The lowest BCUT2D eigenvalue weighted by Gasteiger charge is -2.29. The third-order valence-electron chi connectivity index (χ3n) is 3.77. The second-order valence-electron chi connectivity index (χ2n) is 4.68. The van der Waals surface area contributed by atoms with Gasteiger partial charge in [-0.25, -0.2) is 0 Å². The molecular weight excluding hydrogens is 164 g/mol. The molecule has 0 amide bonds. The van der Waals surface area contributed by atoms with Gasteiger partial charge in [-0.05, 0) is 32.6 Å². The van der Waals surface area contributed by atoms with Crippen molar-refractivity contribution in [1.29, 1.82) is 0 Å². The van der Waals surface area contributed by atoms with Gasteiger partial charge in [-0.3, -0.25) is 0 Å². The number of epoxide rings is 1. The highest BCUT2D eigenvalue weighted by atomic mass is 16.6. The van der Waals surface area contributed by atoms with E-state index in [0.29, 0.717) is 17.9 Å². The van der Waals surface area contributed by atoms with E-state index in [-0.39, 0.29) is 12.2 Å². The maximum absolute atomic E-state index is 9.24. The first-order valence-electron chi connectivity index (χ1n) is 5.02. The summed E-state index contributed by atoms with van der Waals surface area (Å²) < 4.78 is 5.65. The van der Waals surface area contributed by atoms with Crippen molar-refractivity contribution in [1.82, 2.24) is 0 Å². The summed E-state index contributed by atoms with van der Waals surface area (Å²) in [6.45, 7) is 8.42. The van der Waals surface area contributed by atoms with Crippen LogP contribution < -0.4 is 0 Å². The molecule has 1 saturated heterocycles. The van der Waals surface area contributed by atoms with E-state index >= 15 is 0 Å². The monoisotopic (exact) mass is 182 g/mol. The lowest BCUT2D eigenvalue weighted by molar-refractivity contribution is 0.127. The highest BCUT2D eigenvalue weighted by Crippen LogP contribution is 2.53. The van der Waals surface area contributed by atoms with E-state index in [9.17, 15) is 5.11 Å². The lowest BCUT2D eigenvalue weighted by atomic mass is 9.73. The average molecular weight is 182 g/mol. The predicted octanol–water partition coefficient (Wildman–Crippen LogP) is 1.74. The summed E-state index contributed by atoms with van der Waals surface area (Å²) in [6, 6.07) is 0. The number of hydrogen-bond acceptors (Lipinski definition) is 2. The van der Waals surface area contributed by atoms with E-state index in [1.54, 1.807) is 0 Å². The Hall–Kier alpha value is -0.340. The van der Waals surface area contributed by atoms with Gasteiger partial charge in [-0.1, -0.05) is 12.2 Å². The van der Waals surface area contributed by atoms with Crippen LogP contribution in [0.1, 0.15) is 26.7 Å². The maximum atomic E-state index is 9.24. The second kappa shape index (κ2) is 2.82. The number of aliphatic hydroxyl groups is 1. The first-order valence-corrected chi connectivity index (χ1v) is 5.02. The molecule has 0 radical (unpaired) electrons. The van der Waals surface area contributed by atoms with Crippen molar-refractivity contribution in [3.05, 3.63) is 12.2 Å². The van der Waals surface area contributed by atoms with Crippen LogP contribution in [0.4, 0.5) is 0 Å². The molecule has 1 aliphatic heterocycles. The minimum absolute atomic E-state index is 0.0132. The third-order valence-corrected chi connectivity index (χ3v) is 3.77. The van der Waals surface area contributed by atoms with Crippen molar-refractivity contribution in [3.8, 4) is 0 Å². The molecule has 2 rings (SSSR count). The number of allylic oxidation sites excluding steroid dienone is 1. The molecule has 2 nitrogen and oxygen atoms in total. The molecule has 1 aliphatic carbocycles. The average Bonchev–Trinajstić information content (AvgIpc) is 2.74. The molecular formula is C11H18O2. The molecule has 0 aromatic carbocycles. The van der Waals surface area contributed by atoms with Crippen molar-refractivity contribution in [2.75, 3.05) is 6.61 Å². The molecule has 2 fully saturated rings. The Labute approximate surface area is 79.6 Å². The highest BCUT2D eigenvalue weighted by Gasteiger charge is 2.60. The third kappa shape index (κ3) is 1.32. The number of fused-ring (bicyclic) bond motifs is 1. The minimum Gasteiger partial charge on any atom is -0.396 e. The van der Waals surface area contributed by atoms with Gasteiger partial charge in [-0.2, -0.15) is 0 Å². The van der Waals surface area contributed by atoms with Crippen molar-refractivity contribution in [2.24, 2.45) is 11.8 Å². The molecule has 0 spiro atoms. The Morgan fingerprint density at radius 2 is 2.31 bits per heavy atom. The minimum atomic E-state index is -0.0132. The predicted molar refractivity (Wildman–Crippen MR) is 51.4 cm³/mol. The fourth-order valence-corrected chi connectivity index (χ4v) is 2.50. The molecule has 2 aliphatic rings. The van der Waals surface area contributed by atoms with Crippen LogP contribution in [-0.2, 0) is 4.74 Å². The van der Waals surface area contributed by atoms with Gasteiger partial charge in [0.15, 0.2) is 0 Å². The van der Waals surface area contributed by atoms with Crippen LogP contribution in [0.5, 0.6) is 0 Å². The Morgan fingerprint density at radius 3 is 2.85 bits per heavy atom. The molecule has 74 valence electrons. The van der Waals surface area contributed by atoms with Crippen LogP contribution in [0.25, 0.3) is 0 Å². The molecule has 1 N–H and O–H groups in total. The van der Waals surface area contributed by atoms with Crippen LogP contribution in [-0.4, -0.2) is 23.4 Å². The van der Waals surface area contributed by atoms with Crippen LogP contribution in [0.15, 0.2) is 12.2 Å². The fraction of sp³-hybridized carbons (Fsp3) is 0.818. The molecule has 0 aromatic rings. The van der Waals surface area contributed by atoms with Gasteiger partial charge in [-0.15, -0.1) is 0 Å². The molecule has 2 heteroatoms. The summed E-state index contributed by atoms with van der Waals surface area (Å²) in [6.07, 6.45) is 2.52. The highest BCUT2D eigenvalue weighted by molar-refractivity contribution is 5.13. The molecule has 2 unspecified atom stereocenters. The topological polar surface area (TPSA) is 32.8 Å². The molecule has 0 bridgehead atoms. The Bertz CT molecular complexity index is 236. The van der Waals surface area contributed by atoms with E-state index < -0.39 is 0 Å². The molecule has 1 heterocycles. The summed E-state index contributed by atoms with van der Waals surface area (Å²) >= 11 is 0. The van der Waals surface area contributed by atoms with Crippen LogP contribution >= 0.6 is 0 Å². The van der Waals surface area contributed by atoms with Gasteiger partial charge in [0.1, 0.15) is 0 Å². The van der Waals surface area contributed by atoms with Crippen molar-refractivity contribution in [3.63, 3.8) is 0 Å². The Kier molecular flexibility index (Phi) is 2.00. The maximum Gasteiger partial charge on any atom is 0.0970 e. The standard InChI is InChI=1S/C11H18O2/c1-7(2)8-4-9(6-12)11(3)10(5-8)13-11/h8-10,12H,1,4-6H2,2-3H3/t8-,9?,10?,11-/m1/s1. The first-order chi connectivity index (χ1) is 6.08. The Balaban J connectivity index is 2.07. The number of rotatable bonds is 2. The zero-order valence-electron chi connectivity index (χ0n) is 8.42. The lowest BCUT2D eigenvalue weighted by Crippen LogP contribution is -2.34. The Morgan fingerprint density at radius 1 is 1.62 bits per heavy atom. The zero-order chi connectivity index (χ0) is 9.64. The van der Waals surface area contributed by atoms with E-state index in [1.165, 1.54) is 5.57 Å². The summed E-state index contributed by atoms with van der Waals surface area (Å²) in [4.78, 5) is 0. The van der Waals surface area contributed by atoms with E-state index in [1.807, 2.05) is 0 Å². The number of aliphatic hydroxyl groups excluding tert-OH is 1. The van der Waals surface area contributed by atoms with E-state index in [4.69, 9.17) is 4.74 Å². The van der Waals surface area contributed by atoms with Gasteiger partial charge in [0.25, 0.3) is 0 Å². The number of hydrogen-bond donors (Lipinski definition) is 1. The largest absolute Gasteiger partial charge is 0.396 e. The second-order valence-corrected chi connectivity index (χ2v) is 4.68. The summed E-state index contributed by atoms with van der Waals surface area (Å²) in [7, 11) is 0. The van der Waals surface area contributed by atoms with Crippen molar-refractivity contribution in [2.45, 2.75) is 38.4 Å². The summed E-state index contributed by atoms with van der Waals surface area (Å²) in [5, 5.41) is 9.24. The molecule has 4 atom stereocenters. The normalized spacial score (nSPS) is 48.4. The van der Waals surface area contributed by atoms with Crippen molar-refractivity contribution < 1.29 is 9.84 Å². The molecule has 0 aromatic heterocycles. The van der Waals surface area contributed by atoms with Crippen LogP contribution in [0, 0.1) is 11.8 Å². The first kappa shape index (κ1) is 9.22. The quantitative estimate of drug-likeness (QED) is 0.521. The van der Waals surface area contributed by atoms with Gasteiger partial charge in [0, 0.05) is 12.5 Å². The summed E-state index contributed by atoms with van der Waals surface area (Å²) in [5.74, 6) is 0.866. The number of ether oxygens (including phenoxy) is 1. The summed E-state index contributed by atoms with van der Waals surface area (Å²) in [5.41, 5.74) is 1.22. The van der Waals surface area contributed by atoms with Gasteiger partial charge in [0.05, 0.1) is 11.7 Å². The van der Waals surface area contributed by atoms with E-state index in [0.717, 1.165) is 12.8 Å². The van der Waals surface area contributed by atoms with Crippen LogP contribution in [0.3, 0.4) is 0 Å². The van der Waals surface area contributed by atoms with Gasteiger partial charge >= 0.3 is 0 Å². The van der Waals surface area contributed by atoms with Crippen molar-refractivity contribution >= 4 is 0 Å². The van der Waals surface area contributed by atoms with Gasteiger partial charge in [0.2, 0.25) is 0 Å². The molecule has 1 saturated carbocycles.